The molecular formula is C10H12ClN5O2S. The number of nitrogens with one attached hydrogen (secondary N) is 1. The van der Waals surface area contributed by atoms with E-state index in [2.05, 4.69) is 15.2 Å². The molecule has 0 amide bonds. The molecule has 1 heterocycles. The number of aromatic amines is 1. The minimum absolute atomic E-state index is 0.0259. The van der Waals surface area contributed by atoms with E-state index in [9.17, 15) is 8.42 Å². The van der Waals surface area contributed by atoms with Gasteiger partial charge in [-0.15, -0.1) is 0 Å². The summed E-state index contributed by atoms with van der Waals surface area (Å²) in [6.07, 6.45) is 1.31. The molecule has 0 unspecified atom stereocenters. The van der Waals surface area contributed by atoms with Crippen LogP contribution in [0.1, 0.15) is 5.82 Å². The number of nitrogens with two attached hydrogens (primary N) is 1. The maximum Gasteiger partial charge on any atom is 0.245 e. The largest absolute Gasteiger partial charge is 0.398 e. The molecule has 0 bridgehead atoms. The second-order valence-corrected chi connectivity index (χ2v) is 6.33. The van der Waals surface area contributed by atoms with E-state index in [-0.39, 0.29) is 17.1 Å². The van der Waals surface area contributed by atoms with Gasteiger partial charge in [0.1, 0.15) is 17.0 Å². The van der Waals surface area contributed by atoms with Crippen molar-refractivity contribution in [1.29, 1.82) is 0 Å². The van der Waals surface area contributed by atoms with E-state index in [1.807, 2.05) is 0 Å². The van der Waals surface area contributed by atoms with E-state index in [1.165, 1.54) is 31.6 Å². The van der Waals surface area contributed by atoms with Crippen LogP contribution < -0.4 is 5.73 Å². The fourth-order valence-electron chi connectivity index (χ4n) is 1.50. The SMILES string of the molecule is CN(Cc1ncn[nH]1)S(=O)(=O)c1cc(Cl)ccc1N. The summed E-state index contributed by atoms with van der Waals surface area (Å²) in [5.74, 6) is 0.437. The van der Waals surface area contributed by atoms with Crippen LogP contribution in [-0.4, -0.2) is 35.0 Å². The van der Waals surface area contributed by atoms with Crippen molar-refractivity contribution in [3.05, 3.63) is 35.4 Å². The van der Waals surface area contributed by atoms with E-state index in [0.29, 0.717) is 10.8 Å². The van der Waals surface area contributed by atoms with E-state index in [1.54, 1.807) is 0 Å². The molecule has 0 saturated carbocycles. The van der Waals surface area contributed by atoms with Crippen LogP contribution in [0.4, 0.5) is 5.69 Å². The molecule has 0 fully saturated rings. The first-order chi connectivity index (χ1) is 8.91. The lowest BCUT2D eigenvalue weighted by molar-refractivity contribution is 0.457. The van der Waals surface area contributed by atoms with Gasteiger partial charge < -0.3 is 5.73 Å². The normalized spacial score (nSPS) is 11.9. The van der Waals surface area contributed by atoms with Crippen LogP contribution in [0.2, 0.25) is 5.02 Å². The Hall–Kier alpha value is -1.64. The average molecular weight is 302 g/mol. The van der Waals surface area contributed by atoms with Crippen molar-refractivity contribution in [2.45, 2.75) is 11.4 Å². The van der Waals surface area contributed by atoms with Crippen molar-refractivity contribution >= 4 is 27.3 Å². The number of aromatic nitrogens is 3. The predicted octanol–water partition coefficient (Wildman–Crippen LogP) is 0.861. The summed E-state index contributed by atoms with van der Waals surface area (Å²) < 4.78 is 25.8. The minimum Gasteiger partial charge on any atom is -0.398 e. The fourth-order valence-corrected chi connectivity index (χ4v) is 3.01. The molecule has 19 heavy (non-hydrogen) atoms. The number of nitrogen functional groups attached to an aromatic ring is 1. The zero-order valence-electron chi connectivity index (χ0n) is 10.0. The predicted molar refractivity (Wildman–Crippen MR) is 70.9 cm³/mol. The second-order valence-electron chi connectivity index (χ2n) is 3.88. The van der Waals surface area contributed by atoms with Gasteiger partial charge in [0, 0.05) is 12.1 Å². The van der Waals surface area contributed by atoms with Crippen molar-refractivity contribution in [3.63, 3.8) is 0 Å². The summed E-state index contributed by atoms with van der Waals surface area (Å²) in [5.41, 5.74) is 5.83. The standard InChI is InChI=1S/C10H12ClN5O2S/c1-16(5-10-13-6-14-15-10)19(17,18)9-4-7(11)2-3-8(9)12/h2-4,6H,5,12H2,1H3,(H,13,14,15). The summed E-state index contributed by atoms with van der Waals surface area (Å²) in [7, 11) is -2.30. The molecule has 0 atom stereocenters. The number of nitrogens with zero attached hydrogens (tertiary/aromatic N) is 3. The Morgan fingerprint density at radius 1 is 1.47 bits per heavy atom. The number of anilines is 1. The summed E-state index contributed by atoms with van der Waals surface area (Å²) >= 11 is 5.80. The third-order valence-electron chi connectivity index (χ3n) is 2.50. The Labute approximate surface area is 115 Å². The molecule has 0 spiro atoms. The van der Waals surface area contributed by atoms with E-state index >= 15 is 0 Å². The maximum absolute atomic E-state index is 12.4. The average Bonchev–Trinajstić information content (AvgIpc) is 2.85. The summed E-state index contributed by atoms with van der Waals surface area (Å²) in [6.45, 7) is 0.0638. The Morgan fingerprint density at radius 3 is 2.84 bits per heavy atom. The van der Waals surface area contributed by atoms with E-state index in [0.717, 1.165) is 4.31 Å². The monoisotopic (exact) mass is 301 g/mol. The molecule has 1 aromatic heterocycles. The molecule has 9 heteroatoms. The van der Waals surface area contributed by atoms with Gasteiger partial charge in [0.05, 0.1) is 12.2 Å². The topological polar surface area (TPSA) is 105 Å². The number of H-pyrrole nitrogens is 1. The Morgan fingerprint density at radius 2 is 2.21 bits per heavy atom. The molecule has 1 aromatic carbocycles. The van der Waals surface area contributed by atoms with Crippen LogP contribution >= 0.6 is 11.6 Å². The zero-order valence-corrected chi connectivity index (χ0v) is 11.6. The molecule has 0 radical (unpaired) electrons. The van der Waals surface area contributed by atoms with Gasteiger partial charge >= 0.3 is 0 Å². The summed E-state index contributed by atoms with van der Waals surface area (Å²) in [4.78, 5) is 3.85. The first kappa shape index (κ1) is 13.8. The van der Waals surface area contributed by atoms with Gasteiger partial charge in [0.2, 0.25) is 10.0 Å². The lowest BCUT2D eigenvalue weighted by Gasteiger charge is -2.17. The third-order valence-corrected chi connectivity index (χ3v) is 4.60. The number of hydrogen-bond acceptors (Lipinski definition) is 5. The highest BCUT2D eigenvalue weighted by atomic mass is 35.5. The molecule has 0 aliphatic heterocycles. The lowest BCUT2D eigenvalue weighted by atomic mass is 10.3. The Kier molecular flexibility index (Phi) is 3.74. The van der Waals surface area contributed by atoms with Gasteiger partial charge in [-0.05, 0) is 18.2 Å². The first-order valence-corrected chi connectivity index (χ1v) is 7.08. The second kappa shape index (κ2) is 5.16. The number of rotatable bonds is 4. The van der Waals surface area contributed by atoms with Crippen LogP contribution in [0, 0.1) is 0 Å². The van der Waals surface area contributed by atoms with Crippen LogP contribution in [-0.2, 0) is 16.6 Å². The smallest absolute Gasteiger partial charge is 0.245 e. The van der Waals surface area contributed by atoms with Gasteiger partial charge in [0.25, 0.3) is 0 Å². The fraction of sp³-hybridized carbons (Fsp3) is 0.200. The van der Waals surface area contributed by atoms with Crippen molar-refractivity contribution in [1.82, 2.24) is 19.5 Å². The van der Waals surface area contributed by atoms with Gasteiger partial charge in [-0.1, -0.05) is 11.6 Å². The molecule has 0 aliphatic rings. The Balaban J connectivity index is 2.33. The van der Waals surface area contributed by atoms with E-state index in [4.69, 9.17) is 17.3 Å². The zero-order chi connectivity index (χ0) is 14.0. The molecule has 3 N–H and O–H groups in total. The minimum atomic E-state index is -3.73. The number of benzene rings is 1. The number of sulfonamides is 1. The van der Waals surface area contributed by atoms with Crippen LogP contribution in [0.3, 0.4) is 0 Å². The van der Waals surface area contributed by atoms with Crippen molar-refractivity contribution < 1.29 is 8.42 Å². The van der Waals surface area contributed by atoms with Crippen molar-refractivity contribution in [3.8, 4) is 0 Å². The van der Waals surface area contributed by atoms with Gasteiger partial charge in [-0.3, -0.25) is 5.10 Å². The van der Waals surface area contributed by atoms with Gasteiger partial charge in [-0.2, -0.15) is 9.40 Å². The van der Waals surface area contributed by atoms with E-state index < -0.39 is 10.0 Å². The molecule has 7 nitrogen and oxygen atoms in total. The van der Waals surface area contributed by atoms with Crippen molar-refractivity contribution in [2.75, 3.05) is 12.8 Å². The van der Waals surface area contributed by atoms with Crippen molar-refractivity contribution in [2.24, 2.45) is 0 Å². The van der Waals surface area contributed by atoms with Gasteiger partial charge in [-0.25, -0.2) is 13.4 Å². The molecule has 0 aliphatic carbocycles. The highest BCUT2D eigenvalue weighted by Crippen LogP contribution is 2.25. The Bertz CT molecular complexity index is 671. The quantitative estimate of drug-likeness (QED) is 0.815. The highest BCUT2D eigenvalue weighted by Gasteiger charge is 2.24. The van der Waals surface area contributed by atoms with Crippen LogP contribution in [0.15, 0.2) is 29.4 Å². The molecule has 0 saturated heterocycles. The molecule has 2 rings (SSSR count). The molecule has 102 valence electrons. The highest BCUT2D eigenvalue weighted by molar-refractivity contribution is 7.89. The molecule has 2 aromatic rings. The first-order valence-electron chi connectivity index (χ1n) is 5.27. The maximum atomic E-state index is 12.4. The molecular weight excluding hydrogens is 290 g/mol. The van der Waals surface area contributed by atoms with Crippen LogP contribution in [0.5, 0.6) is 0 Å². The number of hydrogen-bond donors (Lipinski definition) is 2. The third kappa shape index (κ3) is 2.86. The van der Waals surface area contributed by atoms with Crippen LogP contribution in [0.25, 0.3) is 0 Å². The lowest BCUT2D eigenvalue weighted by Crippen LogP contribution is -2.27. The van der Waals surface area contributed by atoms with Gasteiger partial charge in [0.15, 0.2) is 0 Å². The summed E-state index contributed by atoms with van der Waals surface area (Å²) in [6, 6.07) is 4.31. The number of halogens is 1. The summed E-state index contributed by atoms with van der Waals surface area (Å²) in [5, 5.41) is 6.56.